The van der Waals surface area contributed by atoms with Crippen molar-refractivity contribution in [3.63, 3.8) is 0 Å². The number of carbonyl (C=O) groups is 3. The molecule has 1 aromatic heterocycles. The van der Waals surface area contributed by atoms with E-state index in [1.807, 2.05) is 62.4 Å². The molecule has 61 heavy (non-hydrogen) atoms. The molecule has 13 heteroatoms. The molecule has 3 amide bonds. The van der Waals surface area contributed by atoms with Crippen molar-refractivity contribution in [2.24, 2.45) is 5.92 Å². The van der Waals surface area contributed by atoms with E-state index < -0.39 is 17.5 Å². The Hall–Kier alpha value is -5.79. The summed E-state index contributed by atoms with van der Waals surface area (Å²) in [6.07, 6.45) is 2.04. The molecule has 0 bridgehead atoms. The summed E-state index contributed by atoms with van der Waals surface area (Å²) in [5.41, 5.74) is 3.50. The molecule has 3 saturated heterocycles. The Labute approximate surface area is 355 Å². The number of amides is 3. The van der Waals surface area contributed by atoms with Crippen molar-refractivity contribution in [1.29, 1.82) is 0 Å². The molecule has 8 rings (SSSR count). The first-order valence-electron chi connectivity index (χ1n) is 21.5. The molecular weight excluding hydrogens is 777 g/mol. The molecule has 0 spiro atoms. The molecule has 11 nitrogen and oxygen atoms in total. The molecule has 0 atom stereocenters. The SMILES string of the molecule is CC.Cc1cc(-c2ccccc2)cc(F)c1C(=O)N1CCC(CN2CCN(CC(=O)N3CCN(C(=O)c4cc(Cc5n[nH]c(=O)c6ccccc56)ccc4F)CC3)CC2)CC1. The molecule has 1 N–H and O–H groups in total. The van der Waals surface area contributed by atoms with Crippen LogP contribution in [0.2, 0.25) is 0 Å². The molecule has 0 aliphatic carbocycles. The molecule has 4 heterocycles. The van der Waals surface area contributed by atoms with E-state index in [0.717, 1.165) is 56.7 Å². The van der Waals surface area contributed by atoms with Gasteiger partial charge in [-0.2, -0.15) is 5.10 Å². The van der Waals surface area contributed by atoms with Gasteiger partial charge in [0.05, 0.1) is 28.8 Å². The lowest BCUT2D eigenvalue weighted by atomic mass is 9.94. The van der Waals surface area contributed by atoms with Crippen LogP contribution < -0.4 is 5.56 Å². The normalized spacial score (nSPS) is 16.6. The molecule has 3 aliphatic heterocycles. The van der Waals surface area contributed by atoms with Gasteiger partial charge in [0.25, 0.3) is 17.4 Å². The smallest absolute Gasteiger partial charge is 0.272 e. The van der Waals surface area contributed by atoms with Gasteiger partial charge in [0, 0.05) is 83.8 Å². The first kappa shape index (κ1) is 43.3. The second kappa shape index (κ2) is 19.7. The number of aromatic nitrogens is 2. The van der Waals surface area contributed by atoms with E-state index >= 15 is 8.78 Å². The second-order valence-corrected chi connectivity index (χ2v) is 16.0. The molecule has 3 aliphatic rings. The number of aromatic amines is 1. The van der Waals surface area contributed by atoms with Gasteiger partial charge in [0.15, 0.2) is 0 Å². The van der Waals surface area contributed by atoms with Gasteiger partial charge in [-0.25, -0.2) is 13.9 Å². The predicted octanol–water partition coefficient (Wildman–Crippen LogP) is 6.25. The average Bonchev–Trinajstić information content (AvgIpc) is 3.29. The number of nitrogens with one attached hydrogen (secondary N) is 1. The fourth-order valence-corrected chi connectivity index (χ4v) is 8.75. The van der Waals surface area contributed by atoms with Crippen LogP contribution in [0.4, 0.5) is 8.78 Å². The van der Waals surface area contributed by atoms with E-state index in [1.165, 1.54) is 12.1 Å². The molecule has 0 unspecified atom stereocenters. The molecule has 3 fully saturated rings. The highest BCUT2D eigenvalue weighted by atomic mass is 19.1. The third-order valence-electron chi connectivity index (χ3n) is 12.2. The minimum atomic E-state index is -0.607. The van der Waals surface area contributed by atoms with Crippen molar-refractivity contribution in [1.82, 2.24) is 34.7 Å². The number of piperidine rings is 1. The largest absolute Gasteiger partial charge is 0.339 e. The van der Waals surface area contributed by atoms with Gasteiger partial charge in [-0.05, 0) is 72.2 Å². The number of hydrogen-bond donors (Lipinski definition) is 1. The van der Waals surface area contributed by atoms with Crippen molar-refractivity contribution in [3.8, 4) is 11.1 Å². The highest BCUT2D eigenvalue weighted by Crippen LogP contribution is 2.28. The number of benzene rings is 4. The van der Waals surface area contributed by atoms with Gasteiger partial charge in [0.2, 0.25) is 5.91 Å². The van der Waals surface area contributed by atoms with Crippen LogP contribution in [0.1, 0.15) is 64.2 Å². The van der Waals surface area contributed by atoms with Crippen molar-refractivity contribution in [2.75, 3.05) is 78.5 Å². The third kappa shape index (κ3) is 10.1. The predicted molar refractivity (Wildman–Crippen MR) is 233 cm³/mol. The molecule has 5 aromatic rings. The summed E-state index contributed by atoms with van der Waals surface area (Å²) in [5.74, 6) is -1.27. The summed E-state index contributed by atoms with van der Waals surface area (Å²) in [6.45, 7) is 12.9. The van der Waals surface area contributed by atoms with Crippen LogP contribution in [0, 0.1) is 24.5 Å². The average molecular weight is 832 g/mol. The Morgan fingerprint density at radius 3 is 1.98 bits per heavy atom. The van der Waals surface area contributed by atoms with Crippen molar-refractivity contribution in [2.45, 2.75) is 40.0 Å². The van der Waals surface area contributed by atoms with Crippen LogP contribution in [0.25, 0.3) is 21.9 Å². The summed E-state index contributed by atoms with van der Waals surface area (Å²) in [4.78, 5) is 62.3. The number of halogens is 2. The Bertz CT molecular complexity index is 2380. The lowest BCUT2D eigenvalue weighted by Crippen LogP contribution is -2.55. The molecule has 4 aromatic carbocycles. The molecule has 0 radical (unpaired) electrons. The maximum absolute atomic E-state index is 15.3. The standard InChI is InChI=1S/C46H49F2N7O4.C2H6/c1-31-25-35(34-7-3-2-4-8-34)28-40(48)43(31)46(59)54-15-13-32(14-16-54)29-51-17-19-52(20-18-51)30-42(56)53-21-23-55(24-22-53)45(58)38-26-33(11-12-39(38)47)27-41-36-9-5-6-10-37(36)44(57)50-49-41;1-2/h2-12,25-26,28,32H,13-24,27,29-30H2,1H3,(H,50,57);1-2H3. The van der Waals surface area contributed by atoms with Crippen LogP contribution in [0.15, 0.2) is 89.7 Å². The van der Waals surface area contributed by atoms with E-state index in [0.29, 0.717) is 85.7 Å². The summed E-state index contributed by atoms with van der Waals surface area (Å²) in [5, 5.41) is 7.96. The van der Waals surface area contributed by atoms with Gasteiger partial charge in [-0.3, -0.25) is 24.1 Å². The van der Waals surface area contributed by atoms with Gasteiger partial charge >= 0.3 is 0 Å². The number of piperazine rings is 2. The minimum Gasteiger partial charge on any atom is -0.339 e. The zero-order chi connectivity index (χ0) is 43.0. The van der Waals surface area contributed by atoms with E-state index in [4.69, 9.17) is 0 Å². The molecule has 320 valence electrons. The van der Waals surface area contributed by atoms with Gasteiger partial charge < -0.3 is 19.6 Å². The third-order valence-corrected chi connectivity index (χ3v) is 12.2. The van der Waals surface area contributed by atoms with Gasteiger partial charge in [-0.1, -0.05) is 74.5 Å². The van der Waals surface area contributed by atoms with E-state index in [1.54, 1.807) is 45.9 Å². The number of H-pyrrole nitrogens is 1. The summed E-state index contributed by atoms with van der Waals surface area (Å²) in [6, 6.07) is 24.6. The summed E-state index contributed by atoms with van der Waals surface area (Å²) in [7, 11) is 0. The molecular formula is C48H55F2N7O4. The van der Waals surface area contributed by atoms with Crippen molar-refractivity contribution < 1.29 is 23.2 Å². The van der Waals surface area contributed by atoms with Crippen molar-refractivity contribution in [3.05, 3.63) is 135 Å². The first-order valence-corrected chi connectivity index (χ1v) is 21.5. The fraction of sp³-hybridized carbons (Fsp3) is 0.396. The Morgan fingerprint density at radius 1 is 0.672 bits per heavy atom. The van der Waals surface area contributed by atoms with Crippen LogP contribution >= 0.6 is 0 Å². The number of aryl methyl sites for hydroxylation is 1. The number of carbonyl (C=O) groups excluding carboxylic acids is 3. The highest BCUT2D eigenvalue weighted by Gasteiger charge is 2.31. The number of fused-ring (bicyclic) bond motifs is 1. The number of likely N-dealkylation sites (tertiary alicyclic amines) is 1. The highest BCUT2D eigenvalue weighted by molar-refractivity contribution is 5.97. The Balaban J connectivity index is 0.00000277. The van der Waals surface area contributed by atoms with Crippen molar-refractivity contribution >= 4 is 28.5 Å². The van der Waals surface area contributed by atoms with E-state index in [2.05, 4.69) is 20.0 Å². The maximum Gasteiger partial charge on any atom is 0.272 e. The summed E-state index contributed by atoms with van der Waals surface area (Å²) >= 11 is 0. The Morgan fingerprint density at radius 2 is 1.30 bits per heavy atom. The second-order valence-electron chi connectivity index (χ2n) is 16.0. The van der Waals surface area contributed by atoms with Gasteiger partial charge in [0.1, 0.15) is 11.6 Å². The molecule has 0 saturated carbocycles. The number of nitrogens with zero attached hydrogens (tertiary/aromatic N) is 6. The van der Waals surface area contributed by atoms with Crippen LogP contribution in [0.3, 0.4) is 0 Å². The van der Waals surface area contributed by atoms with E-state index in [-0.39, 0.29) is 28.5 Å². The lowest BCUT2D eigenvalue weighted by molar-refractivity contribution is -0.134. The maximum atomic E-state index is 15.3. The van der Waals surface area contributed by atoms with E-state index in [9.17, 15) is 19.2 Å². The zero-order valence-corrected chi connectivity index (χ0v) is 35.3. The number of hydrogen-bond acceptors (Lipinski definition) is 7. The van der Waals surface area contributed by atoms with Gasteiger partial charge in [-0.15, -0.1) is 0 Å². The minimum absolute atomic E-state index is 0.0246. The fourth-order valence-electron chi connectivity index (χ4n) is 8.75. The van der Waals surface area contributed by atoms with Crippen LogP contribution in [-0.4, -0.2) is 131 Å². The zero-order valence-electron chi connectivity index (χ0n) is 35.3. The topological polar surface area (TPSA) is 113 Å². The first-order chi connectivity index (χ1) is 29.6. The van der Waals surface area contributed by atoms with Crippen LogP contribution in [0.5, 0.6) is 0 Å². The Kier molecular flexibility index (Phi) is 14.0. The quantitative estimate of drug-likeness (QED) is 0.187. The summed E-state index contributed by atoms with van der Waals surface area (Å²) < 4.78 is 30.3. The number of rotatable bonds is 9. The van der Waals surface area contributed by atoms with Crippen LogP contribution in [-0.2, 0) is 11.2 Å². The lowest BCUT2D eigenvalue weighted by Gasteiger charge is -2.40. The monoisotopic (exact) mass is 831 g/mol.